The molecule has 0 spiro atoms. The van der Waals surface area contributed by atoms with Crippen LogP contribution in [0.25, 0.3) is 0 Å². The molecule has 21 heavy (non-hydrogen) atoms. The topological polar surface area (TPSA) is 21.3 Å². The lowest BCUT2D eigenvalue weighted by Gasteiger charge is -2.15. The van der Waals surface area contributed by atoms with Crippen molar-refractivity contribution in [2.75, 3.05) is 0 Å². The Labute approximate surface area is 127 Å². The summed E-state index contributed by atoms with van der Waals surface area (Å²) < 4.78 is 5.82. The minimum Gasteiger partial charge on any atom is -0.489 e. The van der Waals surface area contributed by atoms with E-state index < -0.39 is 0 Å². The standard InChI is InChI=1S/C19H23NO/c1-14-12-19(14)20-15(2)17-8-10-18(11-9-17)21-13-16-6-4-3-5-7-16/h3-11,14-15,19-20H,12-13H2,1-2H3. The highest BCUT2D eigenvalue weighted by Gasteiger charge is 2.33. The van der Waals surface area contributed by atoms with Crippen molar-refractivity contribution in [3.63, 3.8) is 0 Å². The number of benzene rings is 2. The van der Waals surface area contributed by atoms with Crippen LogP contribution in [0.15, 0.2) is 54.6 Å². The van der Waals surface area contributed by atoms with Crippen LogP contribution in [0.3, 0.4) is 0 Å². The first kappa shape index (κ1) is 14.2. The Hall–Kier alpha value is -1.80. The Morgan fingerprint density at radius 1 is 1.10 bits per heavy atom. The first-order valence-corrected chi connectivity index (χ1v) is 7.75. The summed E-state index contributed by atoms with van der Waals surface area (Å²) in [5.74, 6) is 1.76. The summed E-state index contributed by atoms with van der Waals surface area (Å²) in [6, 6.07) is 19.8. The Balaban J connectivity index is 1.54. The molecule has 1 aliphatic rings. The van der Waals surface area contributed by atoms with E-state index in [1.54, 1.807) is 0 Å². The molecule has 0 aliphatic heterocycles. The van der Waals surface area contributed by atoms with E-state index in [0.717, 1.165) is 11.7 Å². The molecule has 1 fully saturated rings. The molecule has 0 saturated heterocycles. The summed E-state index contributed by atoms with van der Waals surface area (Å²) in [6.07, 6.45) is 1.31. The lowest BCUT2D eigenvalue weighted by Crippen LogP contribution is -2.21. The molecule has 2 aromatic carbocycles. The van der Waals surface area contributed by atoms with E-state index >= 15 is 0 Å². The zero-order valence-corrected chi connectivity index (χ0v) is 12.8. The lowest BCUT2D eigenvalue weighted by atomic mass is 10.1. The zero-order chi connectivity index (χ0) is 14.7. The molecule has 2 aromatic rings. The van der Waals surface area contributed by atoms with E-state index in [4.69, 9.17) is 4.74 Å². The summed E-state index contributed by atoms with van der Waals surface area (Å²) in [4.78, 5) is 0. The number of rotatable bonds is 6. The summed E-state index contributed by atoms with van der Waals surface area (Å²) >= 11 is 0. The Bertz CT molecular complexity index is 564. The lowest BCUT2D eigenvalue weighted by molar-refractivity contribution is 0.306. The second-order valence-electron chi connectivity index (χ2n) is 6.05. The number of nitrogens with one attached hydrogen (secondary N) is 1. The molecule has 0 bridgehead atoms. The Kier molecular flexibility index (Phi) is 4.26. The fourth-order valence-corrected chi connectivity index (χ4v) is 2.57. The van der Waals surface area contributed by atoms with Crippen LogP contribution in [0.4, 0.5) is 0 Å². The fourth-order valence-electron chi connectivity index (χ4n) is 2.57. The van der Waals surface area contributed by atoms with Crippen molar-refractivity contribution in [3.05, 3.63) is 65.7 Å². The molecule has 0 radical (unpaired) electrons. The van der Waals surface area contributed by atoms with E-state index in [2.05, 4.69) is 55.6 Å². The molecule has 0 heterocycles. The van der Waals surface area contributed by atoms with Gasteiger partial charge in [-0.3, -0.25) is 0 Å². The number of hydrogen-bond donors (Lipinski definition) is 1. The molecule has 1 saturated carbocycles. The van der Waals surface area contributed by atoms with Gasteiger partial charge in [0.1, 0.15) is 12.4 Å². The predicted molar refractivity (Wildman–Crippen MR) is 86.3 cm³/mol. The molecular weight excluding hydrogens is 258 g/mol. The maximum absolute atomic E-state index is 5.82. The summed E-state index contributed by atoms with van der Waals surface area (Å²) in [6.45, 7) is 5.14. The maximum atomic E-state index is 5.82. The molecule has 2 nitrogen and oxygen atoms in total. The third kappa shape index (κ3) is 3.85. The van der Waals surface area contributed by atoms with Gasteiger partial charge in [0.2, 0.25) is 0 Å². The van der Waals surface area contributed by atoms with Crippen LogP contribution in [0.5, 0.6) is 5.75 Å². The molecular formula is C19H23NO. The highest BCUT2D eigenvalue weighted by Crippen LogP contribution is 2.31. The molecule has 1 aliphatic carbocycles. The van der Waals surface area contributed by atoms with Crippen molar-refractivity contribution in [2.45, 2.75) is 39.0 Å². The van der Waals surface area contributed by atoms with Gasteiger partial charge >= 0.3 is 0 Å². The van der Waals surface area contributed by atoms with Gasteiger partial charge in [-0.1, -0.05) is 49.4 Å². The first-order chi connectivity index (χ1) is 10.2. The molecule has 2 heteroatoms. The van der Waals surface area contributed by atoms with Crippen molar-refractivity contribution in [3.8, 4) is 5.75 Å². The summed E-state index contributed by atoms with van der Waals surface area (Å²) in [5.41, 5.74) is 2.51. The van der Waals surface area contributed by atoms with Crippen LogP contribution in [-0.4, -0.2) is 6.04 Å². The fraction of sp³-hybridized carbons (Fsp3) is 0.368. The van der Waals surface area contributed by atoms with Crippen molar-refractivity contribution < 1.29 is 4.74 Å². The molecule has 3 rings (SSSR count). The average molecular weight is 281 g/mol. The second-order valence-corrected chi connectivity index (χ2v) is 6.05. The minimum absolute atomic E-state index is 0.406. The molecule has 0 aromatic heterocycles. The SMILES string of the molecule is CC(NC1CC1C)c1ccc(OCc2ccccc2)cc1. The van der Waals surface area contributed by atoms with Crippen molar-refractivity contribution >= 4 is 0 Å². The second kappa shape index (κ2) is 6.31. The van der Waals surface area contributed by atoms with Gasteiger partial charge in [-0.2, -0.15) is 0 Å². The van der Waals surface area contributed by atoms with Crippen LogP contribution in [-0.2, 0) is 6.61 Å². The van der Waals surface area contributed by atoms with Crippen LogP contribution >= 0.6 is 0 Å². The Morgan fingerprint density at radius 3 is 2.38 bits per heavy atom. The van der Waals surface area contributed by atoms with Crippen LogP contribution in [0.1, 0.15) is 37.4 Å². The van der Waals surface area contributed by atoms with E-state index in [1.165, 1.54) is 17.5 Å². The molecule has 3 atom stereocenters. The smallest absolute Gasteiger partial charge is 0.119 e. The average Bonchev–Trinajstić information content (AvgIpc) is 3.21. The van der Waals surface area contributed by atoms with E-state index in [0.29, 0.717) is 18.7 Å². The molecule has 1 N–H and O–H groups in total. The zero-order valence-electron chi connectivity index (χ0n) is 12.8. The molecule has 3 unspecified atom stereocenters. The third-order valence-corrected chi connectivity index (χ3v) is 4.20. The highest BCUT2D eigenvalue weighted by atomic mass is 16.5. The van der Waals surface area contributed by atoms with Gasteiger partial charge in [-0.05, 0) is 42.5 Å². The molecule has 0 amide bonds. The quantitative estimate of drug-likeness (QED) is 0.851. The van der Waals surface area contributed by atoms with Crippen molar-refractivity contribution in [1.29, 1.82) is 0 Å². The first-order valence-electron chi connectivity index (χ1n) is 7.75. The van der Waals surface area contributed by atoms with Gasteiger partial charge in [-0.25, -0.2) is 0 Å². The highest BCUT2D eigenvalue weighted by molar-refractivity contribution is 5.29. The van der Waals surface area contributed by atoms with Gasteiger partial charge in [0.05, 0.1) is 0 Å². The minimum atomic E-state index is 0.406. The number of hydrogen-bond acceptors (Lipinski definition) is 2. The predicted octanol–water partition coefficient (Wildman–Crippen LogP) is 4.32. The normalized spacial score (nSPS) is 21.8. The van der Waals surface area contributed by atoms with E-state index in [9.17, 15) is 0 Å². The van der Waals surface area contributed by atoms with Crippen LogP contribution < -0.4 is 10.1 Å². The summed E-state index contributed by atoms with van der Waals surface area (Å²) in [5, 5.41) is 3.66. The van der Waals surface area contributed by atoms with Gasteiger partial charge in [0, 0.05) is 12.1 Å². The van der Waals surface area contributed by atoms with Gasteiger partial charge in [-0.15, -0.1) is 0 Å². The molecule has 110 valence electrons. The monoisotopic (exact) mass is 281 g/mol. The van der Waals surface area contributed by atoms with Gasteiger partial charge in [0.15, 0.2) is 0 Å². The largest absolute Gasteiger partial charge is 0.489 e. The van der Waals surface area contributed by atoms with Gasteiger partial charge in [0.25, 0.3) is 0 Å². The van der Waals surface area contributed by atoms with E-state index in [1.807, 2.05) is 18.2 Å². The maximum Gasteiger partial charge on any atom is 0.119 e. The van der Waals surface area contributed by atoms with Crippen molar-refractivity contribution in [2.24, 2.45) is 5.92 Å². The Morgan fingerprint density at radius 2 is 1.76 bits per heavy atom. The van der Waals surface area contributed by atoms with Crippen LogP contribution in [0.2, 0.25) is 0 Å². The van der Waals surface area contributed by atoms with E-state index in [-0.39, 0.29) is 0 Å². The van der Waals surface area contributed by atoms with Crippen molar-refractivity contribution in [1.82, 2.24) is 5.32 Å². The third-order valence-electron chi connectivity index (χ3n) is 4.20. The number of ether oxygens (including phenoxy) is 1. The van der Waals surface area contributed by atoms with Gasteiger partial charge < -0.3 is 10.1 Å². The van der Waals surface area contributed by atoms with Crippen LogP contribution in [0, 0.1) is 5.92 Å². The summed E-state index contributed by atoms with van der Waals surface area (Å²) in [7, 11) is 0.